The molecule has 0 aromatic heterocycles. The van der Waals surface area contributed by atoms with Gasteiger partial charge in [0.15, 0.2) is 0 Å². The fourth-order valence-corrected chi connectivity index (χ4v) is 2.96. The monoisotopic (exact) mass is 306 g/mol. The molecule has 0 heterocycles. The number of carboxylic acid groups (broad SMARTS) is 2. The van der Waals surface area contributed by atoms with Gasteiger partial charge in [0.2, 0.25) is 0 Å². The van der Waals surface area contributed by atoms with E-state index in [9.17, 15) is 19.8 Å². The lowest BCUT2D eigenvalue weighted by Gasteiger charge is -2.19. The predicted molar refractivity (Wildman–Crippen MR) is 86.7 cm³/mol. The molecule has 0 amide bonds. The van der Waals surface area contributed by atoms with Gasteiger partial charge in [0, 0.05) is 0 Å². The van der Waals surface area contributed by atoms with Gasteiger partial charge in [0.25, 0.3) is 0 Å². The van der Waals surface area contributed by atoms with Crippen LogP contribution in [0.2, 0.25) is 0 Å². The molecule has 22 heavy (non-hydrogen) atoms. The number of rotatable bonds is 9. The molecule has 4 heteroatoms. The predicted octanol–water partition coefficient (Wildman–Crippen LogP) is 4.40. The van der Waals surface area contributed by atoms with Crippen LogP contribution in [0.3, 0.4) is 0 Å². The second-order valence-electron chi connectivity index (χ2n) is 5.71. The van der Waals surface area contributed by atoms with E-state index in [2.05, 4.69) is 13.8 Å². The van der Waals surface area contributed by atoms with Crippen molar-refractivity contribution in [1.29, 1.82) is 0 Å². The van der Waals surface area contributed by atoms with Crippen LogP contribution in [0, 0.1) is 5.92 Å². The molecule has 0 saturated carbocycles. The van der Waals surface area contributed by atoms with Crippen LogP contribution in [0.15, 0.2) is 12.1 Å². The number of benzene rings is 1. The summed E-state index contributed by atoms with van der Waals surface area (Å²) < 4.78 is 0. The first-order chi connectivity index (χ1) is 10.5. The first kappa shape index (κ1) is 18.2. The molecule has 1 aromatic rings. The molecule has 4 nitrogen and oxygen atoms in total. The summed E-state index contributed by atoms with van der Waals surface area (Å²) in [6.45, 7) is 6.19. The maximum absolute atomic E-state index is 11.5. The summed E-state index contributed by atoms with van der Waals surface area (Å²) in [5.74, 6) is -1.82. The summed E-state index contributed by atoms with van der Waals surface area (Å²) in [5, 5.41) is 18.6. The highest BCUT2D eigenvalue weighted by molar-refractivity contribution is 6.03. The minimum atomic E-state index is -1.18. The van der Waals surface area contributed by atoms with Crippen LogP contribution >= 0.6 is 0 Å². The molecule has 0 spiro atoms. The smallest absolute Gasteiger partial charge is 0.336 e. The SMILES string of the molecule is CCCCC(CC)Cc1ccc(C(=O)O)c(C(=O)O)c1CC. The Hall–Kier alpha value is -1.84. The molecule has 1 rings (SSSR count). The van der Waals surface area contributed by atoms with Crippen LogP contribution in [0.5, 0.6) is 0 Å². The van der Waals surface area contributed by atoms with Crippen molar-refractivity contribution in [1.82, 2.24) is 0 Å². The first-order valence-electron chi connectivity index (χ1n) is 8.07. The van der Waals surface area contributed by atoms with Crippen LogP contribution in [-0.4, -0.2) is 22.2 Å². The molecule has 1 atom stereocenters. The van der Waals surface area contributed by atoms with Crippen LogP contribution in [-0.2, 0) is 12.8 Å². The van der Waals surface area contributed by atoms with Crippen molar-refractivity contribution < 1.29 is 19.8 Å². The fourth-order valence-electron chi connectivity index (χ4n) is 2.96. The summed E-state index contributed by atoms with van der Waals surface area (Å²) in [6, 6.07) is 3.23. The zero-order valence-corrected chi connectivity index (χ0v) is 13.7. The molecule has 0 aliphatic carbocycles. The van der Waals surface area contributed by atoms with Gasteiger partial charge in [-0.2, -0.15) is 0 Å². The average Bonchev–Trinajstić information content (AvgIpc) is 2.49. The number of hydrogen-bond donors (Lipinski definition) is 2. The quantitative estimate of drug-likeness (QED) is 0.709. The molecule has 122 valence electrons. The maximum Gasteiger partial charge on any atom is 0.336 e. The average molecular weight is 306 g/mol. The zero-order valence-electron chi connectivity index (χ0n) is 13.7. The summed E-state index contributed by atoms with van der Waals surface area (Å²) in [4.78, 5) is 22.8. The second-order valence-corrected chi connectivity index (χ2v) is 5.71. The Kier molecular flexibility index (Phi) is 7.09. The molecule has 0 saturated heterocycles. The molecule has 0 radical (unpaired) electrons. The minimum Gasteiger partial charge on any atom is -0.478 e. The van der Waals surface area contributed by atoms with Gasteiger partial charge in [0.05, 0.1) is 11.1 Å². The van der Waals surface area contributed by atoms with E-state index in [4.69, 9.17) is 0 Å². The summed E-state index contributed by atoms with van der Waals surface area (Å²) >= 11 is 0. The molecule has 2 N–H and O–H groups in total. The Morgan fingerprint density at radius 2 is 1.77 bits per heavy atom. The van der Waals surface area contributed by atoms with E-state index in [0.717, 1.165) is 31.2 Å². The fraction of sp³-hybridized carbons (Fsp3) is 0.556. The van der Waals surface area contributed by atoms with Gasteiger partial charge in [-0.15, -0.1) is 0 Å². The Bertz CT molecular complexity index is 534. The van der Waals surface area contributed by atoms with Crippen LogP contribution in [0.25, 0.3) is 0 Å². The highest BCUT2D eigenvalue weighted by atomic mass is 16.4. The third-order valence-corrected chi connectivity index (χ3v) is 4.26. The van der Waals surface area contributed by atoms with Crippen molar-refractivity contribution in [3.05, 3.63) is 34.4 Å². The van der Waals surface area contributed by atoms with Gasteiger partial charge in [-0.25, -0.2) is 9.59 Å². The zero-order chi connectivity index (χ0) is 16.7. The number of carbonyl (C=O) groups is 2. The van der Waals surface area contributed by atoms with Gasteiger partial charge in [0.1, 0.15) is 0 Å². The molecule has 1 aromatic carbocycles. The van der Waals surface area contributed by atoms with Gasteiger partial charge in [-0.1, -0.05) is 52.5 Å². The van der Waals surface area contributed by atoms with E-state index in [1.807, 2.05) is 6.92 Å². The van der Waals surface area contributed by atoms with Gasteiger partial charge in [-0.05, 0) is 36.0 Å². The Balaban J connectivity index is 3.23. The van der Waals surface area contributed by atoms with Crippen molar-refractivity contribution in [3.8, 4) is 0 Å². The summed E-state index contributed by atoms with van der Waals surface area (Å²) in [6.07, 6.45) is 5.84. The third-order valence-electron chi connectivity index (χ3n) is 4.26. The lowest BCUT2D eigenvalue weighted by molar-refractivity contribution is 0.0650. The Morgan fingerprint density at radius 1 is 1.09 bits per heavy atom. The summed E-state index contributed by atoms with van der Waals surface area (Å²) in [5.41, 5.74) is 1.49. The maximum atomic E-state index is 11.5. The van der Waals surface area contributed by atoms with Crippen molar-refractivity contribution in [3.63, 3.8) is 0 Å². The van der Waals surface area contributed by atoms with E-state index in [1.54, 1.807) is 6.07 Å². The Morgan fingerprint density at radius 3 is 2.23 bits per heavy atom. The first-order valence-corrected chi connectivity index (χ1v) is 8.07. The number of unbranched alkanes of at least 4 members (excludes halogenated alkanes) is 1. The van der Waals surface area contributed by atoms with Crippen LogP contribution in [0.1, 0.15) is 78.3 Å². The molecule has 0 aliphatic heterocycles. The van der Waals surface area contributed by atoms with E-state index >= 15 is 0 Å². The lowest BCUT2D eigenvalue weighted by atomic mass is 9.86. The second kappa shape index (κ2) is 8.57. The van der Waals surface area contributed by atoms with Gasteiger partial charge < -0.3 is 10.2 Å². The molecular formula is C18H26O4. The molecule has 0 bridgehead atoms. The normalized spacial score (nSPS) is 12.1. The van der Waals surface area contributed by atoms with E-state index in [1.165, 1.54) is 12.5 Å². The van der Waals surface area contributed by atoms with E-state index in [0.29, 0.717) is 17.9 Å². The molecule has 0 fully saturated rings. The lowest BCUT2D eigenvalue weighted by Crippen LogP contribution is -2.15. The number of carboxylic acids is 2. The topological polar surface area (TPSA) is 74.6 Å². The Labute approximate surface area is 132 Å². The van der Waals surface area contributed by atoms with Crippen LogP contribution in [0.4, 0.5) is 0 Å². The van der Waals surface area contributed by atoms with Crippen LogP contribution < -0.4 is 0 Å². The van der Waals surface area contributed by atoms with Crippen molar-refractivity contribution in [2.75, 3.05) is 0 Å². The highest BCUT2D eigenvalue weighted by Crippen LogP contribution is 2.26. The van der Waals surface area contributed by atoms with Gasteiger partial charge >= 0.3 is 11.9 Å². The largest absolute Gasteiger partial charge is 0.478 e. The van der Waals surface area contributed by atoms with Crippen molar-refractivity contribution in [2.45, 2.75) is 59.3 Å². The van der Waals surface area contributed by atoms with Crippen molar-refractivity contribution in [2.24, 2.45) is 5.92 Å². The van der Waals surface area contributed by atoms with E-state index < -0.39 is 11.9 Å². The highest BCUT2D eigenvalue weighted by Gasteiger charge is 2.22. The van der Waals surface area contributed by atoms with E-state index in [-0.39, 0.29) is 11.1 Å². The summed E-state index contributed by atoms with van der Waals surface area (Å²) in [7, 11) is 0. The van der Waals surface area contributed by atoms with Crippen molar-refractivity contribution >= 4 is 11.9 Å². The number of aromatic carboxylic acids is 2. The third kappa shape index (κ3) is 4.33. The molecular weight excluding hydrogens is 280 g/mol. The van der Waals surface area contributed by atoms with Gasteiger partial charge in [-0.3, -0.25) is 0 Å². The molecule has 0 aliphatic rings. The number of hydrogen-bond acceptors (Lipinski definition) is 2. The minimum absolute atomic E-state index is 0.0437. The standard InChI is InChI=1S/C18H26O4/c1-4-7-8-12(5-2)11-13-9-10-15(17(19)20)16(18(21)22)14(13)6-3/h9-10,12H,4-8,11H2,1-3H3,(H,19,20)(H,21,22). The molecule has 1 unspecified atom stereocenters.